The van der Waals surface area contributed by atoms with Gasteiger partial charge >= 0.3 is 5.97 Å². The van der Waals surface area contributed by atoms with Gasteiger partial charge in [-0.25, -0.2) is 4.98 Å². The standard InChI is InChI=1S/C16H17NO2S/c1-10(16(18)19)11-6-8-12(9-7-11)15-17-13-4-2-3-5-14(13)20-15/h6-10H,2-5H2,1H3,(H,18,19). The van der Waals surface area contributed by atoms with Crippen LogP contribution in [0.3, 0.4) is 0 Å². The van der Waals surface area contributed by atoms with Crippen molar-refractivity contribution in [1.82, 2.24) is 4.98 Å². The van der Waals surface area contributed by atoms with Crippen LogP contribution in [0.5, 0.6) is 0 Å². The third-order valence-electron chi connectivity index (χ3n) is 3.87. The molecule has 1 aromatic carbocycles. The van der Waals surface area contributed by atoms with Crippen molar-refractivity contribution in [2.75, 3.05) is 0 Å². The highest BCUT2D eigenvalue weighted by Gasteiger charge is 2.17. The van der Waals surface area contributed by atoms with Crippen LogP contribution in [0.4, 0.5) is 0 Å². The average Bonchev–Trinajstić information content (AvgIpc) is 2.90. The number of hydrogen-bond donors (Lipinski definition) is 1. The molecule has 2 aromatic rings. The number of aryl methyl sites for hydroxylation is 2. The Labute approximate surface area is 122 Å². The van der Waals surface area contributed by atoms with E-state index in [2.05, 4.69) is 0 Å². The zero-order valence-electron chi connectivity index (χ0n) is 11.4. The minimum absolute atomic E-state index is 0.464. The summed E-state index contributed by atoms with van der Waals surface area (Å²) in [6.07, 6.45) is 4.76. The summed E-state index contributed by atoms with van der Waals surface area (Å²) in [7, 11) is 0. The van der Waals surface area contributed by atoms with E-state index in [0.717, 1.165) is 29.0 Å². The zero-order chi connectivity index (χ0) is 14.1. The molecule has 3 nitrogen and oxygen atoms in total. The van der Waals surface area contributed by atoms with Gasteiger partial charge in [-0.2, -0.15) is 0 Å². The Morgan fingerprint density at radius 1 is 1.25 bits per heavy atom. The molecule has 1 aliphatic rings. The van der Waals surface area contributed by atoms with Gasteiger partial charge < -0.3 is 5.11 Å². The highest BCUT2D eigenvalue weighted by atomic mass is 32.1. The van der Waals surface area contributed by atoms with Gasteiger partial charge in [0.2, 0.25) is 0 Å². The van der Waals surface area contributed by atoms with Crippen LogP contribution in [0.1, 0.15) is 41.8 Å². The number of nitrogens with zero attached hydrogens (tertiary/aromatic N) is 1. The number of benzene rings is 1. The predicted molar refractivity (Wildman–Crippen MR) is 80.2 cm³/mol. The summed E-state index contributed by atoms with van der Waals surface area (Å²) in [4.78, 5) is 17.1. The summed E-state index contributed by atoms with van der Waals surface area (Å²) in [5.74, 6) is -1.25. The lowest BCUT2D eigenvalue weighted by Crippen LogP contribution is -2.06. The molecule has 0 aliphatic heterocycles. The first-order valence-corrected chi connectivity index (χ1v) is 7.78. The van der Waals surface area contributed by atoms with Gasteiger partial charge in [0.05, 0.1) is 11.6 Å². The van der Waals surface area contributed by atoms with Crippen LogP contribution in [-0.4, -0.2) is 16.1 Å². The molecular weight excluding hydrogens is 270 g/mol. The number of carboxylic acid groups (broad SMARTS) is 1. The van der Waals surface area contributed by atoms with E-state index in [1.165, 1.54) is 23.4 Å². The van der Waals surface area contributed by atoms with Crippen molar-refractivity contribution >= 4 is 17.3 Å². The Kier molecular flexibility index (Phi) is 3.57. The van der Waals surface area contributed by atoms with Crippen molar-refractivity contribution in [3.05, 3.63) is 40.4 Å². The fourth-order valence-corrected chi connectivity index (χ4v) is 3.69. The predicted octanol–water partition coefficient (Wildman–Crippen LogP) is 3.88. The van der Waals surface area contributed by atoms with Crippen molar-refractivity contribution in [2.24, 2.45) is 0 Å². The Hall–Kier alpha value is -1.68. The smallest absolute Gasteiger partial charge is 0.310 e. The Bertz CT molecular complexity index is 607. The molecule has 0 fully saturated rings. The topological polar surface area (TPSA) is 50.2 Å². The summed E-state index contributed by atoms with van der Waals surface area (Å²) in [5, 5.41) is 10.1. The molecule has 1 N–H and O–H groups in total. The molecule has 1 unspecified atom stereocenters. The monoisotopic (exact) mass is 287 g/mol. The van der Waals surface area contributed by atoms with Gasteiger partial charge in [0.1, 0.15) is 5.01 Å². The zero-order valence-corrected chi connectivity index (χ0v) is 12.2. The van der Waals surface area contributed by atoms with Crippen LogP contribution in [0.15, 0.2) is 24.3 Å². The number of aromatic nitrogens is 1. The van der Waals surface area contributed by atoms with Crippen LogP contribution in [0.25, 0.3) is 10.6 Å². The van der Waals surface area contributed by atoms with E-state index in [4.69, 9.17) is 10.1 Å². The Morgan fingerprint density at radius 3 is 2.60 bits per heavy atom. The highest BCUT2D eigenvalue weighted by Crippen LogP contribution is 2.33. The summed E-state index contributed by atoms with van der Waals surface area (Å²) in [5.41, 5.74) is 3.19. The number of rotatable bonds is 3. The maximum Gasteiger partial charge on any atom is 0.310 e. The summed E-state index contributed by atoms with van der Waals surface area (Å²) in [6.45, 7) is 1.71. The molecule has 0 bridgehead atoms. The van der Waals surface area contributed by atoms with Gasteiger partial charge in [-0.05, 0) is 38.2 Å². The van der Waals surface area contributed by atoms with Gasteiger partial charge in [0, 0.05) is 10.4 Å². The number of thiazole rings is 1. The molecule has 20 heavy (non-hydrogen) atoms. The van der Waals surface area contributed by atoms with Gasteiger partial charge in [-0.3, -0.25) is 4.79 Å². The molecule has 1 aromatic heterocycles. The highest BCUT2D eigenvalue weighted by molar-refractivity contribution is 7.15. The van der Waals surface area contributed by atoms with Crippen molar-refractivity contribution in [3.63, 3.8) is 0 Å². The SMILES string of the molecule is CC(C(=O)O)c1ccc(-c2nc3c(s2)CCCC3)cc1. The van der Waals surface area contributed by atoms with E-state index in [-0.39, 0.29) is 0 Å². The molecule has 0 spiro atoms. The van der Waals surface area contributed by atoms with E-state index in [9.17, 15) is 4.79 Å². The molecule has 104 valence electrons. The number of carboxylic acids is 1. The van der Waals surface area contributed by atoms with Gasteiger partial charge in [-0.15, -0.1) is 11.3 Å². The van der Waals surface area contributed by atoms with Crippen LogP contribution >= 0.6 is 11.3 Å². The minimum Gasteiger partial charge on any atom is -0.481 e. The van der Waals surface area contributed by atoms with E-state index in [0.29, 0.717) is 0 Å². The summed E-state index contributed by atoms with van der Waals surface area (Å²) >= 11 is 1.78. The molecular formula is C16H17NO2S. The third kappa shape index (κ3) is 2.48. The van der Waals surface area contributed by atoms with E-state index in [1.54, 1.807) is 18.3 Å². The lowest BCUT2D eigenvalue weighted by Gasteiger charge is -2.06. The fourth-order valence-electron chi connectivity index (χ4n) is 2.53. The number of carbonyl (C=O) groups is 1. The van der Waals surface area contributed by atoms with Crippen LogP contribution < -0.4 is 0 Å². The summed E-state index contributed by atoms with van der Waals surface area (Å²) in [6, 6.07) is 7.77. The molecule has 4 heteroatoms. The van der Waals surface area contributed by atoms with Crippen molar-refractivity contribution in [3.8, 4) is 10.6 Å². The van der Waals surface area contributed by atoms with Crippen LogP contribution in [0.2, 0.25) is 0 Å². The Balaban J connectivity index is 1.87. The molecule has 0 saturated carbocycles. The van der Waals surface area contributed by atoms with E-state index in [1.807, 2.05) is 24.3 Å². The van der Waals surface area contributed by atoms with Crippen molar-refractivity contribution < 1.29 is 9.90 Å². The normalized spacial score (nSPS) is 15.7. The largest absolute Gasteiger partial charge is 0.481 e. The number of fused-ring (bicyclic) bond motifs is 1. The van der Waals surface area contributed by atoms with E-state index < -0.39 is 11.9 Å². The lowest BCUT2D eigenvalue weighted by atomic mass is 10.0. The van der Waals surface area contributed by atoms with Gasteiger partial charge in [-0.1, -0.05) is 24.3 Å². The summed E-state index contributed by atoms with van der Waals surface area (Å²) < 4.78 is 0. The van der Waals surface area contributed by atoms with Crippen LogP contribution in [-0.2, 0) is 17.6 Å². The second kappa shape index (κ2) is 5.37. The van der Waals surface area contributed by atoms with E-state index >= 15 is 0 Å². The maximum absolute atomic E-state index is 11.0. The number of hydrogen-bond acceptors (Lipinski definition) is 3. The van der Waals surface area contributed by atoms with Crippen molar-refractivity contribution in [1.29, 1.82) is 0 Å². The third-order valence-corrected chi connectivity index (χ3v) is 5.08. The first-order valence-electron chi connectivity index (χ1n) is 6.97. The molecule has 0 radical (unpaired) electrons. The fraction of sp³-hybridized carbons (Fsp3) is 0.375. The Morgan fingerprint density at radius 2 is 1.95 bits per heavy atom. The lowest BCUT2D eigenvalue weighted by molar-refractivity contribution is -0.138. The molecule has 0 saturated heterocycles. The molecule has 1 atom stereocenters. The first-order chi connectivity index (χ1) is 9.65. The number of aliphatic carboxylic acids is 1. The maximum atomic E-state index is 11.0. The van der Waals surface area contributed by atoms with Gasteiger partial charge in [0.15, 0.2) is 0 Å². The molecule has 0 amide bonds. The second-order valence-corrected chi connectivity index (χ2v) is 6.36. The second-order valence-electron chi connectivity index (χ2n) is 5.28. The minimum atomic E-state index is -0.789. The molecule has 3 rings (SSSR count). The first kappa shape index (κ1) is 13.3. The molecule has 1 heterocycles. The van der Waals surface area contributed by atoms with Crippen molar-refractivity contribution in [2.45, 2.75) is 38.5 Å². The van der Waals surface area contributed by atoms with Gasteiger partial charge in [0.25, 0.3) is 0 Å². The quantitative estimate of drug-likeness (QED) is 0.932. The van der Waals surface area contributed by atoms with Crippen LogP contribution in [0, 0.1) is 0 Å². The average molecular weight is 287 g/mol. The molecule has 1 aliphatic carbocycles.